The lowest BCUT2D eigenvalue weighted by atomic mass is 9.84. The fraction of sp³-hybridized carbons (Fsp3) is 0.500. The third-order valence-electron chi connectivity index (χ3n) is 4.81. The third-order valence-corrected chi connectivity index (χ3v) is 4.81. The van der Waals surface area contributed by atoms with E-state index < -0.39 is 29.7 Å². The average molecular weight is 421 g/mol. The fourth-order valence-corrected chi connectivity index (χ4v) is 3.17. The van der Waals surface area contributed by atoms with Crippen LogP contribution in [0.4, 0.5) is 8.78 Å². The Labute approximate surface area is 175 Å². The summed E-state index contributed by atoms with van der Waals surface area (Å²) in [6.45, 7) is 8.99. The first-order chi connectivity index (χ1) is 13.9. The fourth-order valence-electron chi connectivity index (χ4n) is 3.17. The van der Waals surface area contributed by atoms with Crippen molar-refractivity contribution in [3.05, 3.63) is 47.4 Å². The number of alkyl halides is 1. The number of amidine groups is 1. The number of benzene rings is 1. The van der Waals surface area contributed by atoms with Crippen LogP contribution in [0.2, 0.25) is 0 Å². The normalized spacial score (nSPS) is 23.2. The van der Waals surface area contributed by atoms with Crippen molar-refractivity contribution in [2.45, 2.75) is 57.9 Å². The van der Waals surface area contributed by atoms with E-state index in [4.69, 9.17) is 10.5 Å². The molecule has 0 heterocycles. The number of halogens is 2. The molecule has 2 rings (SSSR count). The number of esters is 1. The molecule has 1 aromatic rings. The molecule has 1 fully saturated rings. The zero-order valence-electron chi connectivity index (χ0n) is 17.8. The molecule has 0 aliphatic heterocycles. The molecule has 3 atom stereocenters. The van der Waals surface area contributed by atoms with Crippen LogP contribution in [-0.2, 0) is 4.74 Å². The average Bonchev–Trinajstić information content (AvgIpc) is 2.65. The van der Waals surface area contributed by atoms with Crippen molar-refractivity contribution in [3.63, 3.8) is 0 Å². The maximum atomic E-state index is 14.7. The second-order valence-electron chi connectivity index (χ2n) is 8.35. The van der Waals surface area contributed by atoms with Crippen molar-refractivity contribution in [3.8, 4) is 0 Å². The first kappa shape index (κ1) is 23.7. The molecule has 1 aliphatic carbocycles. The number of allylic oxidation sites excluding steroid dienone is 1. The second-order valence-corrected chi connectivity index (χ2v) is 8.35. The van der Waals surface area contributed by atoms with Gasteiger partial charge in [0.25, 0.3) is 0 Å². The van der Waals surface area contributed by atoms with Crippen LogP contribution in [0.15, 0.2) is 40.5 Å². The molecule has 0 radical (unpaired) electrons. The smallest absolute Gasteiger partial charge is 0.341 e. The zero-order valence-corrected chi connectivity index (χ0v) is 17.8. The minimum absolute atomic E-state index is 0.0493. The molecule has 8 heteroatoms. The van der Waals surface area contributed by atoms with Gasteiger partial charge in [-0.25, -0.2) is 18.6 Å². The summed E-state index contributed by atoms with van der Waals surface area (Å²) >= 11 is 0. The molecule has 1 aliphatic rings. The van der Waals surface area contributed by atoms with Gasteiger partial charge < -0.3 is 15.6 Å². The van der Waals surface area contributed by atoms with Gasteiger partial charge in [0, 0.05) is 24.2 Å². The van der Waals surface area contributed by atoms with E-state index in [9.17, 15) is 18.7 Å². The van der Waals surface area contributed by atoms with Gasteiger partial charge in [-0.2, -0.15) is 0 Å². The lowest BCUT2D eigenvalue weighted by Gasteiger charge is -2.28. The molecular weight excluding hydrogens is 392 g/mol. The van der Waals surface area contributed by atoms with E-state index in [2.05, 4.69) is 16.6 Å². The summed E-state index contributed by atoms with van der Waals surface area (Å²) < 4.78 is 33.7. The SMILES string of the molecule is C=C(N=C(C(N)=NC)c1ccc(C(=O)OC(C)(C)C)c(F)c1)[C@@H]1CC[C@@H](O)[C@H](F)C1. The Bertz CT molecular complexity index is 875. The standard InChI is InChI=1S/C22H29F2N3O3/c1-12(13-7-9-18(28)17(24)10-13)27-19(20(25)26-5)14-6-8-15(16(23)11-14)21(29)30-22(2,3)4/h6,8,11,13,17-18,28H,1,7,9-10H2,2-5H3,(H2,25,26)/t13-,17-,18-/m1/s1. The number of nitrogens with two attached hydrogens (primary N) is 1. The lowest BCUT2D eigenvalue weighted by molar-refractivity contribution is 0.00647. The van der Waals surface area contributed by atoms with Crippen LogP contribution >= 0.6 is 0 Å². The van der Waals surface area contributed by atoms with E-state index in [0.717, 1.165) is 6.07 Å². The Balaban J connectivity index is 2.33. The molecule has 0 unspecified atom stereocenters. The van der Waals surface area contributed by atoms with Gasteiger partial charge in [-0.3, -0.25) is 4.99 Å². The Morgan fingerprint density at radius 2 is 2.00 bits per heavy atom. The van der Waals surface area contributed by atoms with Crippen LogP contribution in [0.3, 0.4) is 0 Å². The summed E-state index contributed by atoms with van der Waals surface area (Å²) in [7, 11) is 1.47. The highest BCUT2D eigenvalue weighted by molar-refractivity contribution is 6.47. The lowest BCUT2D eigenvalue weighted by Crippen LogP contribution is -2.31. The van der Waals surface area contributed by atoms with Gasteiger partial charge in [0.1, 0.15) is 29.1 Å². The van der Waals surface area contributed by atoms with E-state index in [0.29, 0.717) is 24.1 Å². The van der Waals surface area contributed by atoms with Gasteiger partial charge >= 0.3 is 5.97 Å². The molecule has 0 bridgehead atoms. The summed E-state index contributed by atoms with van der Waals surface area (Å²) in [6.07, 6.45) is -1.37. The Morgan fingerprint density at radius 1 is 1.33 bits per heavy atom. The molecule has 1 aromatic carbocycles. The maximum absolute atomic E-state index is 14.7. The van der Waals surface area contributed by atoms with Gasteiger partial charge in [-0.1, -0.05) is 12.6 Å². The Morgan fingerprint density at radius 3 is 2.53 bits per heavy atom. The van der Waals surface area contributed by atoms with Crippen LogP contribution < -0.4 is 5.73 Å². The Hall–Kier alpha value is -2.61. The molecule has 0 spiro atoms. The summed E-state index contributed by atoms with van der Waals surface area (Å²) in [5.74, 6) is -1.78. The van der Waals surface area contributed by atoms with Crippen molar-refractivity contribution < 1.29 is 23.4 Å². The van der Waals surface area contributed by atoms with Gasteiger partial charge in [-0.05, 0) is 52.2 Å². The zero-order chi connectivity index (χ0) is 22.6. The summed E-state index contributed by atoms with van der Waals surface area (Å²) in [5, 5.41) is 9.58. The highest BCUT2D eigenvalue weighted by Gasteiger charge is 2.31. The van der Waals surface area contributed by atoms with Crippen LogP contribution in [0.1, 0.15) is 56.0 Å². The predicted octanol–water partition coefficient (Wildman–Crippen LogP) is 3.57. The van der Waals surface area contributed by atoms with Gasteiger partial charge in [0.15, 0.2) is 0 Å². The number of ether oxygens (including phenoxy) is 1. The van der Waals surface area contributed by atoms with Crippen molar-refractivity contribution in [1.29, 1.82) is 0 Å². The number of aliphatic hydroxyl groups excluding tert-OH is 1. The number of rotatable bonds is 5. The Kier molecular flexibility index (Phi) is 7.47. The van der Waals surface area contributed by atoms with Gasteiger partial charge in [0.2, 0.25) is 0 Å². The minimum Gasteiger partial charge on any atom is -0.456 e. The predicted molar refractivity (Wildman–Crippen MR) is 113 cm³/mol. The summed E-state index contributed by atoms with van der Waals surface area (Å²) in [5.41, 5.74) is 5.85. The van der Waals surface area contributed by atoms with Crippen LogP contribution in [0.5, 0.6) is 0 Å². The number of carbonyl (C=O) groups excluding carboxylic acids is 1. The van der Waals surface area contributed by atoms with E-state index in [1.54, 1.807) is 20.8 Å². The van der Waals surface area contributed by atoms with Crippen molar-refractivity contribution in [1.82, 2.24) is 0 Å². The summed E-state index contributed by atoms with van der Waals surface area (Å²) in [6, 6.07) is 3.93. The molecule has 0 saturated heterocycles. The molecule has 30 heavy (non-hydrogen) atoms. The second kappa shape index (κ2) is 9.47. The number of aliphatic imine (C=N–C) groups is 2. The molecule has 1 saturated carbocycles. The number of hydrogen-bond acceptors (Lipinski definition) is 5. The van der Waals surface area contributed by atoms with Crippen molar-refractivity contribution >= 4 is 17.5 Å². The topological polar surface area (TPSA) is 97.3 Å². The molecule has 6 nitrogen and oxygen atoms in total. The third kappa shape index (κ3) is 5.95. The number of hydrogen-bond donors (Lipinski definition) is 2. The van der Waals surface area contributed by atoms with E-state index in [1.165, 1.54) is 19.2 Å². The summed E-state index contributed by atoms with van der Waals surface area (Å²) in [4.78, 5) is 20.5. The van der Waals surface area contributed by atoms with Crippen molar-refractivity contribution in [2.75, 3.05) is 7.05 Å². The van der Waals surface area contributed by atoms with E-state index in [1.807, 2.05) is 0 Å². The van der Waals surface area contributed by atoms with Gasteiger partial charge in [-0.15, -0.1) is 0 Å². The first-order valence-electron chi connectivity index (χ1n) is 9.78. The van der Waals surface area contributed by atoms with E-state index in [-0.39, 0.29) is 29.4 Å². The quantitative estimate of drug-likeness (QED) is 0.431. The van der Waals surface area contributed by atoms with Crippen LogP contribution in [0, 0.1) is 11.7 Å². The van der Waals surface area contributed by atoms with Gasteiger partial charge in [0.05, 0.1) is 11.7 Å². The van der Waals surface area contributed by atoms with Crippen molar-refractivity contribution in [2.24, 2.45) is 21.6 Å². The molecule has 3 N–H and O–H groups in total. The highest BCUT2D eigenvalue weighted by atomic mass is 19.1. The monoisotopic (exact) mass is 421 g/mol. The molecular formula is C22H29F2N3O3. The minimum atomic E-state index is -1.35. The highest BCUT2D eigenvalue weighted by Crippen LogP contribution is 2.32. The number of nitrogens with zero attached hydrogens (tertiary/aromatic N) is 2. The molecule has 164 valence electrons. The van der Waals surface area contributed by atoms with Crippen LogP contribution in [-0.4, -0.2) is 47.5 Å². The maximum Gasteiger partial charge on any atom is 0.341 e. The largest absolute Gasteiger partial charge is 0.456 e. The number of aliphatic hydroxyl groups is 1. The molecule has 0 aromatic heterocycles. The van der Waals surface area contributed by atoms with Crippen LogP contribution in [0.25, 0.3) is 0 Å². The number of carbonyl (C=O) groups is 1. The van der Waals surface area contributed by atoms with E-state index >= 15 is 0 Å². The first-order valence-corrected chi connectivity index (χ1v) is 9.78. The molecule has 0 amide bonds.